The van der Waals surface area contributed by atoms with Crippen LogP contribution in [-0.2, 0) is 0 Å². The Morgan fingerprint density at radius 1 is 0.481 bits per heavy atom. The van der Waals surface area contributed by atoms with Crippen molar-refractivity contribution in [2.24, 2.45) is 0 Å². The van der Waals surface area contributed by atoms with E-state index in [1.807, 2.05) is 0 Å². The van der Waals surface area contributed by atoms with Crippen molar-refractivity contribution >= 4 is 17.1 Å². The van der Waals surface area contributed by atoms with Crippen molar-refractivity contribution in [1.82, 2.24) is 0 Å². The van der Waals surface area contributed by atoms with E-state index >= 15 is 0 Å². The number of anilines is 3. The highest BCUT2D eigenvalue weighted by Crippen LogP contribution is 2.34. The largest absolute Gasteiger partial charge is 0.367 e. The van der Waals surface area contributed by atoms with Crippen molar-refractivity contribution in [2.45, 2.75) is 119 Å². The van der Waals surface area contributed by atoms with Crippen molar-refractivity contribution in [3.8, 4) is 0 Å². The lowest BCUT2D eigenvalue weighted by Gasteiger charge is -2.39. The summed E-state index contributed by atoms with van der Waals surface area (Å²) in [5, 5.41) is 0. The highest BCUT2D eigenvalue weighted by molar-refractivity contribution is 5.70. The van der Waals surface area contributed by atoms with Crippen LogP contribution in [0, 0.1) is 6.07 Å². The van der Waals surface area contributed by atoms with Crippen LogP contribution in [0.3, 0.4) is 0 Å². The lowest BCUT2D eigenvalue weighted by Crippen LogP contribution is -2.41. The molecule has 0 amide bonds. The third kappa shape index (κ3) is 5.80. The second kappa shape index (κ2) is 9.71. The molecule has 1 rings (SSSR count). The molecule has 0 saturated heterocycles. The summed E-state index contributed by atoms with van der Waals surface area (Å²) in [6, 6.07) is 11.1. The number of benzene rings is 1. The molecule has 3 nitrogen and oxygen atoms in total. The molecule has 0 aliphatic rings. The van der Waals surface area contributed by atoms with Crippen LogP contribution in [0.2, 0.25) is 0 Å². The van der Waals surface area contributed by atoms with E-state index in [1.165, 1.54) is 17.1 Å². The Bertz CT molecular complexity index is 456. The van der Waals surface area contributed by atoms with Crippen LogP contribution in [0.15, 0.2) is 12.1 Å². The molecule has 155 valence electrons. The molecular formula is C24H44N3. The molecule has 0 aromatic heterocycles. The second-order valence-corrected chi connectivity index (χ2v) is 9.39. The van der Waals surface area contributed by atoms with E-state index < -0.39 is 0 Å². The van der Waals surface area contributed by atoms with Gasteiger partial charge in [0.1, 0.15) is 0 Å². The summed E-state index contributed by atoms with van der Waals surface area (Å²) in [6.45, 7) is 27.3. The molecule has 0 N–H and O–H groups in total. The minimum Gasteiger partial charge on any atom is -0.367 e. The van der Waals surface area contributed by atoms with Gasteiger partial charge in [0.05, 0.1) is 0 Å². The van der Waals surface area contributed by atoms with Gasteiger partial charge in [0.15, 0.2) is 0 Å². The topological polar surface area (TPSA) is 9.72 Å². The zero-order chi connectivity index (χ0) is 21.0. The molecule has 27 heavy (non-hydrogen) atoms. The average Bonchev–Trinajstić information content (AvgIpc) is 2.44. The van der Waals surface area contributed by atoms with Gasteiger partial charge in [-0.3, -0.25) is 0 Å². The average molecular weight is 375 g/mol. The van der Waals surface area contributed by atoms with Crippen LogP contribution < -0.4 is 14.7 Å². The number of rotatable bonds is 9. The van der Waals surface area contributed by atoms with E-state index in [9.17, 15) is 0 Å². The molecule has 0 fully saturated rings. The summed E-state index contributed by atoms with van der Waals surface area (Å²) < 4.78 is 0. The van der Waals surface area contributed by atoms with Crippen molar-refractivity contribution in [3.05, 3.63) is 18.2 Å². The minimum atomic E-state index is 0.433. The Hall–Kier alpha value is -1.38. The van der Waals surface area contributed by atoms with Crippen LogP contribution in [-0.4, -0.2) is 36.3 Å². The molecule has 1 aromatic rings. The van der Waals surface area contributed by atoms with Gasteiger partial charge in [-0.2, -0.15) is 0 Å². The third-order valence-electron chi connectivity index (χ3n) is 5.02. The van der Waals surface area contributed by atoms with Crippen molar-refractivity contribution < 1.29 is 0 Å². The highest BCUT2D eigenvalue weighted by Gasteiger charge is 2.23. The van der Waals surface area contributed by atoms with Crippen LogP contribution in [0.1, 0.15) is 83.1 Å². The summed E-state index contributed by atoms with van der Waals surface area (Å²) in [4.78, 5) is 7.47. The fraction of sp³-hybridized carbons (Fsp3) is 0.750. The van der Waals surface area contributed by atoms with Gasteiger partial charge in [0, 0.05) is 59.4 Å². The third-order valence-corrected chi connectivity index (χ3v) is 5.02. The molecule has 0 aliphatic carbocycles. The SMILES string of the molecule is CC(C)N(c1[c]c(N(C(C)C)C(C)C)cc(N(C(C)C)C(C)C)c1)C(C)C. The van der Waals surface area contributed by atoms with Crippen LogP contribution in [0.25, 0.3) is 0 Å². The maximum atomic E-state index is 3.77. The first-order chi connectivity index (χ1) is 12.4. The molecule has 0 unspecified atom stereocenters. The lowest BCUT2D eigenvalue weighted by atomic mass is 10.1. The first kappa shape index (κ1) is 23.7. The fourth-order valence-electron chi connectivity index (χ4n) is 4.45. The fourth-order valence-corrected chi connectivity index (χ4v) is 4.45. The maximum Gasteiger partial charge on any atom is 0.0493 e. The van der Waals surface area contributed by atoms with E-state index in [1.54, 1.807) is 0 Å². The van der Waals surface area contributed by atoms with Gasteiger partial charge >= 0.3 is 0 Å². The van der Waals surface area contributed by atoms with Crippen LogP contribution in [0.4, 0.5) is 17.1 Å². The lowest BCUT2D eigenvalue weighted by molar-refractivity contribution is 0.593. The molecule has 3 heteroatoms. The molecule has 0 bridgehead atoms. The van der Waals surface area contributed by atoms with Crippen LogP contribution in [0.5, 0.6) is 0 Å². The molecule has 0 spiro atoms. The molecule has 0 aliphatic heterocycles. The van der Waals surface area contributed by atoms with Gasteiger partial charge in [-0.05, 0) is 95.2 Å². The molecule has 1 radical (unpaired) electrons. The van der Waals surface area contributed by atoms with E-state index in [-0.39, 0.29) is 0 Å². The van der Waals surface area contributed by atoms with E-state index in [0.717, 1.165) is 0 Å². The van der Waals surface area contributed by atoms with Crippen molar-refractivity contribution in [3.63, 3.8) is 0 Å². The normalized spacial score (nSPS) is 12.2. The zero-order valence-corrected chi connectivity index (χ0v) is 20.0. The highest BCUT2D eigenvalue weighted by atomic mass is 15.2. The first-order valence-electron chi connectivity index (χ1n) is 10.8. The standard InChI is InChI=1S/C24H44N3/c1-16(2)25(17(3)4)22-13-23(26(18(5)6)19(7)8)15-24(14-22)27(20(9)10)21(11)12/h13-14,16-21H,1-12H3. The monoisotopic (exact) mass is 374 g/mol. The summed E-state index contributed by atoms with van der Waals surface area (Å²) in [5.41, 5.74) is 3.69. The second-order valence-electron chi connectivity index (χ2n) is 9.39. The molecule has 0 atom stereocenters. The minimum absolute atomic E-state index is 0.433. The predicted molar refractivity (Wildman–Crippen MR) is 124 cm³/mol. The van der Waals surface area contributed by atoms with Gasteiger partial charge in [-0.25, -0.2) is 0 Å². The molecule has 0 saturated carbocycles. The first-order valence-corrected chi connectivity index (χ1v) is 10.8. The van der Waals surface area contributed by atoms with E-state index in [4.69, 9.17) is 0 Å². The zero-order valence-electron chi connectivity index (χ0n) is 20.0. The Morgan fingerprint density at radius 2 is 0.741 bits per heavy atom. The van der Waals surface area contributed by atoms with Gasteiger partial charge in [0.25, 0.3) is 0 Å². The summed E-state index contributed by atoms with van der Waals surface area (Å²) in [5.74, 6) is 0. The van der Waals surface area contributed by atoms with Crippen molar-refractivity contribution in [2.75, 3.05) is 14.7 Å². The maximum absolute atomic E-state index is 3.77. The number of hydrogen-bond donors (Lipinski definition) is 0. The summed E-state index contributed by atoms with van der Waals surface area (Å²) >= 11 is 0. The van der Waals surface area contributed by atoms with Crippen LogP contribution >= 0.6 is 0 Å². The number of hydrogen-bond acceptors (Lipinski definition) is 3. The van der Waals surface area contributed by atoms with Gasteiger partial charge in [-0.15, -0.1) is 0 Å². The summed E-state index contributed by atoms with van der Waals surface area (Å²) in [7, 11) is 0. The molecular weight excluding hydrogens is 330 g/mol. The Morgan fingerprint density at radius 3 is 0.963 bits per heavy atom. The Balaban J connectivity index is 3.69. The van der Waals surface area contributed by atoms with E-state index in [2.05, 4.69) is 116 Å². The Labute approximate surface area is 169 Å². The van der Waals surface area contributed by atoms with E-state index in [0.29, 0.717) is 36.3 Å². The van der Waals surface area contributed by atoms with Crippen molar-refractivity contribution in [1.29, 1.82) is 0 Å². The number of nitrogens with zero attached hydrogens (tertiary/aromatic N) is 3. The molecule has 1 aromatic carbocycles. The molecule has 0 heterocycles. The van der Waals surface area contributed by atoms with Gasteiger partial charge < -0.3 is 14.7 Å². The predicted octanol–water partition coefficient (Wildman–Crippen LogP) is 6.36. The quantitative estimate of drug-likeness (QED) is 0.498. The van der Waals surface area contributed by atoms with Gasteiger partial charge in [-0.1, -0.05) is 0 Å². The summed E-state index contributed by atoms with van der Waals surface area (Å²) in [6.07, 6.45) is 0. The smallest absolute Gasteiger partial charge is 0.0493 e. The Kier molecular flexibility index (Phi) is 8.50. The van der Waals surface area contributed by atoms with Gasteiger partial charge in [0.2, 0.25) is 0 Å².